The number of carbonyl (C=O) groups excluding carboxylic acids is 3. The van der Waals surface area contributed by atoms with Gasteiger partial charge in [0.2, 0.25) is 0 Å². The van der Waals surface area contributed by atoms with Crippen LogP contribution in [0.15, 0.2) is 12.2 Å². The summed E-state index contributed by atoms with van der Waals surface area (Å²) in [7, 11) is 0. The van der Waals surface area contributed by atoms with Gasteiger partial charge in [0.05, 0.1) is 10.8 Å². The predicted octanol–water partition coefficient (Wildman–Crippen LogP) is 2.02. The summed E-state index contributed by atoms with van der Waals surface area (Å²) >= 11 is 0. The molecule has 0 bridgehead atoms. The van der Waals surface area contributed by atoms with Gasteiger partial charge < -0.3 is 14.2 Å². The minimum Gasteiger partial charge on any atom is -0.461 e. The summed E-state index contributed by atoms with van der Waals surface area (Å²) in [5.74, 6) is -1.40. The first-order valence-corrected chi connectivity index (χ1v) is 7.18. The van der Waals surface area contributed by atoms with E-state index in [9.17, 15) is 14.4 Å². The highest BCUT2D eigenvalue weighted by atomic mass is 16.6. The fraction of sp³-hybridized carbons (Fsp3) is 0.688. The van der Waals surface area contributed by atoms with Crippen LogP contribution < -0.4 is 0 Å². The smallest absolute Gasteiger partial charge is 0.331 e. The van der Waals surface area contributed by atoms with Crippen LogP contribution in [0.4, 0.5) is 0 Å². The van der Waals surface area contributed by atoms with Gasteiger partial charge in [-0.15, -0.1) is 0 Å². The van der Waals surface area contributed by atoms with Gasteiger partial charge in [0.1, 0.15) is 6.61 Å². The fourth-order valence-corrected chi connectivity index (χ4v) is 1.47. The second kappa shape index (κ2) is 6.50. The highest BCUT2D eigenvalue weighted by molar-refractivity contribution is 5.83. The lowest BCUT2D eigenvalue weighted by atomic mass is 9.97. The molecule has 0 spiro atoms. The second-order valence-corrected chi connectivity index (χ2v) is 7.30. The molecule has 0 N–H and O–H groups in total. The topological polar surface area (TPSA) is 78.9 Å². The molecule has 0 radical (unpaired) electrons. The molecule has 0 amide bonds. The van der Waals surface area contributed by atoms with Crippen LogP contribution in [0.2, 0.25) is 0 Å². The van der Waals surface area contributed by atoms with E-state index >= 15 is 0 Å². The maximum absolute atomic E-state index is 12.0. The molecule has 1 rings (SSSR count). The van der Waals surface area contributed by atoms with E-state index in [-0.39, 0.29) is 6.61 Å². The average Bonchev–Trinajstić information content (AvgIpc) is 2.36. The first-order valence-electron chi connectivity index (χ1n) is 7.18. The first-order chi connectivity index (χ1) is 9.91. The van der Waals surface area contributed by atoms with Crippen LogP contribution in [-0.4, -0.2) is 36.7 Å². The van der Waals surface area contributed by atoms with Gasteiger partial charge in [0.25, 0.3) is 0 Å². The zero-order valence-electron chi connectivity index (χ0n) is 14.0. The van der Waals surface area contributed by atoms with Crippen LogP contribution in [0.1, 0.15) is 41.5 Å². The maximum Gasteiger partial charge on any atom is 0.331 e. The number of cyclic esters (lactones) is 1. The molecule has 0 saturated heterocycles. The molecular formula is C16H24O6. The number of esters is 3. The van der Waals surface area contributed by atoms with E-state index in [1.165, 1.54) is 12.2 Å². The summed E-state index contributed by atoms with van der Waals surface area (Å²) < 4.78 is 15.6. The van der Waals surface area contributed by atoms with Gasteiger partial charge in [0.15, 0.2) is 12.2 Å². The van der Waals surface area contributed by atoms with Crippen molar-refractivity contribution in [3.8, 4) is 0 Å². The molecule has 6 heteroatoms. The Hall–Kier alpha value is -1.85. The molecule has 1 aliphatic heterocycles. The number of rotatable bonds is 3. The molecule has 0 aromatic rings. The Bertz CT molecular complexity index is 478. The van der Waals surface area contributed by atoms with Crippen LogP contribution >= 0.6 is 0 Å². The lowest BCUT2D eigenvalue weighted by Crippen LogP contribution is -2.42. The molecule has 0 unspecified atom stereocenters. The van der Waals surface area contributed by atoms with Gasteiger partial charge in [-0.2, -0.15) is 0 Å². The SMILES string of the molecule is CC(C)(C)C(=O)OC[C@H]1OC(=O)C=C[C@@H]1OC(=O)C(C)(C)C. The Kier molecular flexibility index (Phi) is 5.38. The number of ether oxygens (including phenoxy) is 3. The van der Waals surface area contributed by atoms with Crippen molar-refractivity contribution in [3.63, 3.8) is 0 Å². The quantitative estimate of drug-likeness (QED) is 0.586. The summed E-state index contributed by atoms with van der Waals surface area (Å²) in [4.78, 5) is 35.1. The molecule has 0 aromatic carbocycles. The Morgan fingerprint density at radius 2 is 1.64 bits per heavy atom. The Labute approximate surface area is 130 Å². The lowest BCUT2D eigenvalue weighted by molar-refractivity contribution is -0.177. The molecule has 2 atom stereocenters. The molecule has 124 valence electrons. The van der Waals surface area contributed by atoms with Crippen molar-refractivity contribution in [2.75, 3.05) is 6.61 Å². The largest absolute Gasteiger partial charge is 0.461 e. The van der Waals surface area contributed by atoms with Crippen molar-refractivity contribution < 1.29 is 28.6 Å². The summed E-state index contributed by atoms with van der Waals surface area (Å²) in [6.07, 6.45) is 1.04. The minimum atomic E-state index is -0.838. The summed E-state index contributed by atoms with van der Waals surface area (Å²) in [5.41, 5.74) is -1.34. The third-order valence-corrected chi connectivity index (χ3v) is 2.90. The highest BCUT2D eigenvalue weighted by Crippen LogP contribution is 2.22. The van der Waals surface area contributed by atoms with Crippen LogP contribution in [-0.2, 0) is 28.6 Å². The first kappa shape index (κ1) is 18.2. The van der Waals surface area contributed by atoms with E-state index in [4.69, 9.17) is 14.2 Å². The molecule has 1 heterocycles. The second-order valence-electron chi connectivity index (χ2n) is 7.30. The summed E-state index contributed by atoms with van der Waals surface area (Å²) in [5, 5.41) is 0. The third-order valence-electron chi connectivity index (χ3n) is 2.90. The van der Waals surface area contributed by atoms with Crippen molar-refractivity contribution in [1.82, 2.24) is 0 Å². The number of carbonyl (C=O) groups is 3. The van der Waals surface area contributed by atoms with Gasteiger partial charge in [-0.05, 0) is 47.6 Å². The fourth-order valence-electron chi connectivity index (χ4n) is 1.47. The van der Waals surface area contributed by atoms with E-state index in [2.05, 4.69) is 0 Å². The van der Waals surface area contributed by atoms with Gasteiger partial charge in [-0.1, -0.05) is 0 Å². The van der Waals surface area contributed by atoms with E-state index in [0.29, 0.717) is 0 Å². The minimum absolute atomic E-state index is 0.158. The van der Waals surface area contributed by atoms with Crippen molar-refractivity contribution in [1.29, 1.82) is 0 Å². The van der Waals surface area contributed by atoms with Crippen molar-refractivity contribution in [2.24, 2.45) is 10.8 Å². The standard InChI is InChI=1S/C16H24O6/c1-15(2,3)13(18)20-9-11-10(7-8-12(17)21-11)22-14(19)16(4,5)6/h7-8,10-11H,9H2,1-6H3/t10-,11+/m0/s1. The summed E-state index contributed by atoms with van der Waals surface area (Å²) in [6.45, 7) is 10.2. The van der Waals surface area contributed by atoms with Crippen molar-refractivity contribution in [2.45, 2.75) is 53.8 Å². The van der Waals surface area contributed by atoms with Crippen LogP contribution in [0, 0.1) is 10.8 Å². The monoisotopic (exact) mass is 312 g/mol. The van der Waals surface area contributed by atoms with Crippen LogP contribution in [0.5, 0.6) is 0 Å². The maximum atomic E-state index is 12.0. The highest BCUT2D eigenvalue weighted by Gasteiger charge is 2.35. The van der Waals surface area contributed by atoms with Crippen LogP contribution in [0.3, 0.4) is 0 Å². The van der Waals surface area contributed by atoms with Crippen molar-refractivity contribution in [3.05, 3.63) is 12.2 Å². The van der Waals surface area contributed by atoms with Gasteiger partial charge >= 0.3 is 17.9 Å². The van der Waals surface area contributed by atoms with Crippen molar-refractivity contribution >= 4 is 17.9 Å². The Morgan fingerprint density at radius 3 is 2.14 bits per heavy atom. The molecule has 0 saturated carbocycles. The third kappa shape index (κ3) is 5.16. The van der Waals surface area contributed by atoms with E-state index in [0.717, 1.165) is 0 Å². The van der Waals surface area contributed by atoms with Crippen LogP contribution in [0.25, 0.3) is 0 Å². The number of hydrogen-bond donors (Lipinski definition) is 0. The molecule has 6 nitrogen and oxygen atoms in total. The zero-order chi connectivity index (χ0) is 17.1. The molecular weight excluding hydrogens is 288 g/mol. The lowest BCUT2D eigenvalue weighted by Gasteiger charge is -2.29. The molecule has 0 aliphatic carbocycles. The van der Waals surface area contributed by atoms with E-state index < -0.39 is 40.9 Å². The molecule has 0 fully saturated rings. The average molecular weight is 312 g/mol. The molecule has 22 heavy (non-hydrogen) atoms. The summed E-state index contributed by atoms with van der Waals surface area (Å²) in [6, 6.07) is 0. The zero-order valence-corrected chi connectivity index (χ0v) is 14.0. The molecule has 1 aliphatic rings. The van der Waals surface area contributed by atoms with Gasteiger partial charge in [-0.25, -0.2) is 4.79 Å². The van der Waals surface area contributed by atoms with Gasteiger partial charge in [-0.3, -0.25) is 9.59 Å². The Morgan fingerprint density at radius 1 is 1.09 bits per heavy atom. The molecule has 0 aromatic heterocycles. The normalized spacial score (nSPS) is 22.0. The van der Waals surface area contributed by atoms with Gasteiger partial charge in [0, 0.05) is 6.08 Å². The van der Waals surface area contributed by atoms with E-state index in [1.807, 2.05) is 0 Å². The van der Waals surface area contributed by atoms with E-state index in [1.54, 1.807) is 41.5 Å². The number of hydrogen-bond acceptors (Lipinski definition) is 6. The Balaban J connectivity index is 2.73. The predicted molar refractivity (Wildman–Crippen MR) is 78.8 cm³/mol.